The molecular weight excluding hydrogens is 398 g/mol. The van der Waals surface area contributed by atoms with E-state index in [0.717, 1.165) is 24.5 Å². The number of morpholine rings is 1. The SMILES string of the molecule is Cc1cc(C)n(C2=[N+](CC(C)C)C3C(=O)N(CCN4CCOCC4)C(=O)N(C)C3=N2)n1. The van der Waals surface area contributed by atoms with E-state index in [1.54, 1.807) is 11.7 Å². The summed E-state index contributed by atoms with van der Waals surface area (Å²) in [5.41, 5.74) is 1.82. The van der Waals surface area contributed by atoms with Crippen molar-refractivity contribution in [1.82, 2.24) is 24.5 Å². The average Bonchev–Trinajstić information content (AvgIpc) is 3.26. The fourth-order valence-corrected chi connectivity index (χ4v) is 4.36. The summed E-state index contributed by atoms with van der Waals surface area (Å²) in [5.74, 6) is 1.16. The lowest BCUT2D eigenvalue weighted by molar-refractivity contribution is -0.543. The average molecular weight is 431 g/mol. The number of amides is 3. The second kappa shape index (κ2) is 8.51. The summed E-state index contributed by atoms with van der Waals surface area (Å²) in [6.07, 6.45) is 0. The number of aromatic nitrogens is 2. The number of fused-ring (bicyclic) bond motifs is 1. The summed E-state index contributed by atoms with van der Waals surface area (Å²) in [7, 11) is 1.69. The summed E-state index contributed by atoms with van der Waals surface area (Å²) in [5, 5.41) is 4.58. The van der Waals surface area contributed by atoms with Gasteiger partial charge in [0.25, 0.3) is 5.91 Å². The number of likely N-dealkylation sites (N-methyl/N-ethyl adjacent to an activating group) is 1. The van der Waals surface area contributed by atoms with Crippen LogP contribution in [0.5, 0.6) is 0 Å². The number of amidine groups is 1. The highest BCUT2D eigenvalue weighted by atomic mass is 16.5. The van der Waals surface area contributed by atoms with Crippen LogP contribution in [0.15, 0.2) is 11.1 Å². The fraction of sp³-hybridized carbons (Fsp3) is 0.667. The van der Waals surface area contributed by atoms with Crippen molar-refractivity contribution in [3.8, 4) is 0 Å². The number of hydrogen-bond acceptors (Lipinski definition) is 6. The molecule has 0 aromatic carbocycles. The van der Waals surface area contributed by atoms with Gasteiger partial charge in [0.15, 0.2) is 0 Å². The van der Waals surface area contributed by atoms with E-state index in [1.165, 1.54) is 9.80 Å². The van der Waals surface area contributed by atoms with Crippen LogP contribution >= 0.6 is 0 Å². The van der Waals surface area contributed by atoms with Crippen LogP contribution in [0.4, 0.5) is 4.79 Å². The van der Waals surface area contributed by atoms with Crippen molar-refractivity contribution in [3.05, 3.63) is 17.5 Å². The van der Waals surface area contributed by atoms with Crippen molar-refractivity contribution in [2.24, 2.45) is 10.9 Å². The smallest absolute Gasteiger partial charge is 0.379 e. The van der Waals surface area contributed by atoms with Crippen molar-refractivity contribution in [2.45, 2.75) is 33.7 Å². The molecule has 1 aromatic rings. The Balaban J connectivity index is 1.66. The Morgan fingerprint density at radius 2 is 1.90 bits per heavy atom. The molecule has 168 valence electrons. The lowest BCUT2D eigenvalue weighted by Gasteiger charge is -2.36. The van der Waals surface area contributed by atoms with Gasteiger partial charge in [0, 0.05) is 33.2 Å². The zero-order valence-electron chi connectivity index (χ0n) is 19.0. The Bertz CT molecular complexity index is 943. The number of carbonyl (C=O) groups excluding carboxylic acids is 2. The third kappa shape index (κ3) is 4.01. The molecule has 4 rings (SSSR count). The maximum Gasteiger partial charge on any atom is 0.421 e. The molecule has 2 fully saturated rings. The number of rotatable bonds is 5. The van der Waals surface area contributed by atoms with Crippen molar-refractivity contribution in [1.29, 1.82) is 0 Å². The Morgan fingerprint density at radius 1 is 1.19 bits per heavy atom. The van der Waals surface area contributed by atoms with E-state index in [-0.39, 0.29) is 11.9 Å². The molecule has 0 spiro atoms. The molecule has 0 bridgehead atoms. The Morgan fingerprint density at radius 3 is 2.52 bits per heavy atom. The molecule has 1 atom stereocenters. The topological polar surface area (TPSA) is 86.3 Å². The molecule has 10 nitrogen and oxygen atoms in total. The lowest BCUT2D eigenvalue weighted by Crippen LogP contribution is -2.64. The van der Waals surface area contributed by atoms with Crippen LogP contribution in [0.2, 0.25) is 0 Å². The lowest BCUT2D eigenvalue weighted by atomic mass is 10.1. The highest BCUT2D eigenvalue weighted by molar-refractivity contribution is 6.23. The van der Waals surface area contributed by atoms with Gasteiger partial charge in [-0.25, -0.2) is 9.37 Å². The molecular formula is C21H32N7O3+. The summed E-state index contributed by atoms with van der Waals surface area (Å²) >= 11 is 0. The van der Waals surface area contributed by atoms with E-state index < -0.39 is 6.04 Å². The molecule has 10 heteroatoms. The molecule has 3 aliphatic heterocycles. The molecule has 2 saturated heterocycles. The van der Waals surface area contributed by atoms with Gasteiger partial charge < -0.3 is 4.74 Å². The molecule has 0 radical (unpaired) electrons. The van der Waals surface area contributed by atoms with Gasteiger partial charge in [0.05, 0.1) is 25.5 Å². The van der Waals surface area contributed by atoms with Gasteiger partial charge in [-0.3, -0.25) is 19.5 Å². The minimum absolute atomic E-state index is 0.215. The van der Waals surface area contributed by atoms with Gasteiger partial charge in [0.2, 0.25) is 11.9 Å². The highest BCUT2D eigenvalue weighted by Gasteiger charge is 2.53. The van der Waals surface area contributed by atoms with Crippen molar-refractivity contribution in [2.75, 3.05) is 53.0 Å². The standard InChI is InChI=1S/C21H32N7O3/c1-14(2)13-27-17-18(22-20(27)28-16(4)12-15(3)23-28)24(5)21(30)26(19(17)29)7-6-25-8-10-31-11-9-25/h12,14,17H,6-11,13H2,1-5H3/q+1. The van der Waals surface area contributed by atoms with Crippen molar-refractivity contribution >= 4 is 23.7 Å². The third-order valence-electron chi connectivity index (χ3n) is 5.89. The minimum Gasteiger partial charge on any atom is -0.379 e. The van der Waals surface area contributed by atoms with E-state index in [0.29, 0.717) is 50.6 Å². The molecule has 3 aliphatic rings. The Kier molecular flexibility index (Phi) is 5.94. The van der Waals surface area contributed by atoms with Gasteiger partial charge >= 0.3 is 12.0 Å². The minimum atomic E-state index is -0.617. The van der Waals surface area contributed by atoms with Gasteiger partial charge in [-0.1, -0.05) is 18.8 Å². The van der Waals surface area contributed by atoms with E-state index in [1.807, 2.05) is 24.5 Å². The maximum absolute atomic E-state index is 13.6. The zero-order valence-corrected chi connectivity index (χ0v) is 19.0. The van der Waals surface area contributed by atoms with Crippen LogP contribution in [0, 0.1) is 19.8 Å². The number of aliphatic imine (C=N–C) groups is 1. The second-order valence-electron chi connectivity index (χ2n) is 8.84. The first-order valence-corrected chi connectivity index (χ1v) is 10.9. The first-order valence-electron chi connectivity index (χ1n) is 10.9. The second-order valence-corrected chi connectivity index (χ2v) is 8.84. The van der Waals surface area contributed by atoms with Gasteiger partial charge in [0.1, 0.15) is 5.69 Å². The number of nitrogens with zero attached hydrogens (tertiary/aromatic N) is 7. The van der Waals surface area contributed by atoms with Crippen LogP contribution in [-0.4, -0.2) is 112 Å². The summed E-state index contributed by atoms with van der Waals surface area (Å²) < 4.78 is 9.16. The highest BCUT2D eigenvalue weighted by Crippen LogP contribution is 2.22. The fourth-order valence-electron chi connectivity index (χ4n) is 4.36. The monoisotopic (exact) mass is 430 g/mol. The first-order chi connectivity index (χ1) is 14.8. The molecule has 1 aromatic heterocycles. The number of hydrogen-bond donors (Lipinski definition) is 0. The molecule has 1 unspecified atom stereocenters. The van der Waals surface area contributed by atoms with Crippen LogP contribution in [-0.2, 0) is 9.53 Å². The largest absolute Gasteiger partial charge is 0.421 e. The summed E-state index contributed by atoms with van der Waals surface area (Å²) in [6.45, 7) is 12.8. The van der Waals surface area contributed by atoms with E-state index in [9.17, 15) is 9.59 Å². The third-order valence-corrected chi connectivity index (χ3v) is 5.89. The Labute approximate surface area is 182 Å². The summed E-state index contributed by atoms with van der Waals surface area (Å²) in [4.78, 5) is 36.5. The first kappa shape index (κ1) is 21.6. The quantitative estimate of drug-likeness (QED) is 0.631. The molecule has 0 N–H and O–H groups in total. The molecule has 4 heterocycles. The van der Waals surface area contributed by atoms with E-state index in [2.05, 4.69) is 23.8 Å². The number of urea groups is 1. The van der Waals surface area contributed by atoms with Gasteiger partial charge in [-0.15, -0.1) is 9.78 Å². The van der Waals surface area contributed by atoms with Crippen molar-refractivity contribution < 1.29 is 18.9 Å². The number of carbonyl (C=O) groups is 2. The zero-order chi connectivity index (χ0) is 22.3. The number of aryl methyl sites for hydroxylation is 2. The predicted molar refractivity (Wildman–Crippen MR) is 115 cm³/mol. The summed E-state index contributed by atoms with van der Waals surface area (Å²) in [6, 6.07) is 1.04. The molecule has 3 amide bonds. The van der Waals surface area contributed by atoms with E-state index in [4.69, 9.17) is 9.73 Å². The molecule has 31 heavy (non-hydrogen) atoms. The Hall–Kier alpha value is -2.59. The molecule has 0 saturated carbocycles. The van der Waals surface area contributed by atoms with Crippen LogP contribution in [0.1, 0.15) is 25.2 Å². The van der Waals surface area contributed by atoms with Crippen LogP contribution in [0.3, 0.4) is 0 Å². The predicted octanol–water partition coefficient (Wildman–Crippen LogP) is 0.379. The van der Waals surface area contributed by atoms with Gasteiger partial charge in [-0.05, 0) is 25.8 Å². The van der Waals surface area contributed by atoms with Crippen molar-refractivity contribution in [3.63, 3.8) is 0 Å². The van der Waals surface area contributed by atoms with Crippen LogP contribution in [0.25, 0.3) is 0 Å². The van der Waals surface area contributed by atoms with Gasteiger partial charge in [-0.2, -0.15) is 0 Å². The maximum atomic E-state index is 13.6. The van der Waals surface area contributed by atoms with Crippen LogP contribution < -0.4 is 0 Å². The van der Waals surface area contributed by atoms with E-state index >= 15 is 0 Å². The number of ether oxygens (including phenoxy) is 1. The molecule has 0 aliphatic carbocycles. The normalized spacial score (nSPS) is 22.6. The number of imide groups is 1.